The molecule has 2 N–H and O–H groups in total. The summed E-state index contributed by atoms with van der Waals surface area (Å²) in [7, 11) is 0. The van der Waals surface area contributed by atoms with Gasteiger partial charge in [-0.1, -0.05) is 12.1 Å². The van der Waals surface area contributed by atoms with E-state index in [1.165, 1.54) is 11.3 Å². The third kappa shape index (κ3) is 2.29. The van der Waals surface area contributed by atoms with Gasteiger partial charge in [0.1, 0.15) is 0 Å². The molecule has 0 saturated carbocycles. The summed E-state index contributed by atoms with van der Waals surface area (Å²) in [6.45, 7) is 6.50. The number of anilines is 1. The molecule has 2 nitrogen and oxygen atoms in total. The van der Waals surface area contributed by atoms with Crippen LogP contribution in [0.2, 0.25) is 0 Å². The molecule has 2 unspecified atom stereocenters. The predicted octanol–water partition coefficient (Wildman–Crippen LogP) is 2.61. The van der Waals surface area contributed by atoms with Gasteiger partial charge in [0.05, 0.1) is 10.6 Å². The van der Waals surface area contributed by atoms with Crippen LogP contribution in [0.1, 0.15) is 24.7 Å². The van der Waals surface area contributed by atoms with Crippen molar-refractivity contribution in [3.05, 3.63) is 29.8 Å². The number of thioether (sulfide) groups is 1. The summed E-state index contributed by atoms with van der Waals surface area (Å²) < 4.78 is 0. The molecule has 2 atom stereocenters. The fourth-order valence-electron chi connectivity index (χ4n) is 1.86. The zero-order valence-corrected chi connectivity index (χ0v) is 10.1. The van der Waals surface area contributed by atoms with E-state index in [0.29, 0.717) is 10.6 Å². The lowest BCUT2D eigenvalue weighted by Gasteiger charge is -2.21. The molecule has 0 radical (unpaired) electrons. The average Bonchev–Trinajstić information content (AvgIpc) is 2.98. The quantitative estimate of drug-likeness (QED) is 0.794. The van der Waals surface area contributed by atoms with Crippen molar-refractivity contribution < 1.29 is 0 Å². The van der Waals surface area contributed by atoms with Crippen molar-refractivity contribution in [3.8, 4) is 0 Å². The minimum absolute atomic E-state index is 0.323. The zero-order chi connectivity index (χ0) is 10.8. The summed E-state index contributed by atoms with van der Waals surface area (Å²) in [5, 5.41) is 0.861. The topological polar surface area (TPSA) is 29.3 Å². The van der Waals surface area contributed by atoms with Gasteiger partial charge in [-0.3, -0.25) is 0 Å². The van der Waals surface area contributed by atoms with Gasteiger partial charge in [0.2, 0.25) is 0 Å². The second-order valence-corrected chi connectivity index (χ2v) is 5.11. The molecule has 0 spiro atoms. The lowest BCUT2D eigenvalue weighted by Crippen LogP contribution is -2.21. The molecule has 1 saturated heterocycles. The zero-order valence-electron chi connectivity index (χ0n) is 9.31. The van der Waals surface area contributed by atoms with Crippen molar-refractivity contribution in [2.75, 3.05) is 18.0 Å². The van der Waals surface area contributed by atoms with Gasteiger partial charge in [0.15, 0.2) is 0 Å². The van der Waals surface area contributed by atoms with Crippen LogP contribution in [0.4, 0.5) is 5.69 Å². The third-order valence-corrected chi connectivity index (χ3v) is 4.01. The summed E-state index contributed by atoms with van der Waals surface area (Å²) >= 11 is 1.83. The Labute approximate surface area is 95.8 Å². The van der Waals surface area contributed by atoms with Crippen LogP contribution in [0, 0.1) is 0 Å². The van der Waals surface area contributed by atoms with Gasteiger partial charge in [-0.25, -0.2) is 0 Å². The van der Waals surface area contributed by atoms with Gasteiger partial charge in [-0.15, -0.1) is 11.8 Å². The molecule has 0 aromatic heterocycles. The van der Waals surface area contributed by atoms with Gasteiger partial charge in [-0.05, 0) is 31.5 Å². The summed E-state index contributed by atoms with van der Waals surface area (Å²) in [5.74, 6) is 0. The fraction of sp³-hybridized carbons (Fsp3) is 0.500. The first kappa shape index (κ1) is 10.8. The maximum atomic E-state index is 5.80. The Balaban J connectivity index is 2.09. The highest BCUT2D eigenvalue weighted by Gasteiger charge is 2.35. The molecule has 0 bridgehead atoms. The summed E-state index contributed by atoms with van der Waals surface area (Å²) in [6, 6.07) is 8.82. The molecule has 82 valence electrons. The number of nitrogens with zero attached hydrogens (tertiary/aromatic N) is 1. The number of hydrogen-bond acceptors (Lipinski definition) is 3. The fourth-order valence-corrected chi connectivity index (χ4v) is 2.58. The highest BCUT2D eigenvalue weighted by molar-refractivity contribution is 8.07. The van der Waals surface area contributed by atoms with E-state index in [0.717, 1.165) is 13.1 Å². The molecule has 1 heterocycles. The van der Waals surface area contributed by atoms with Crippen LogP contribution in [0.15, 0.2) is 24.3 Å². The Morgan fingerprint density at radius 2 is 1.73 bits per heavy atom. The van der Waals surface area contributed by atoms with Crippen molar-refractivity contribution in [1.82, 2.24) is 0 Å². The van der Waals surface area contributed by atoms with Gasteiger partial charge < -0.3 is 10.6 Å². The van der Waals surface area contributed by atoms with Crippen molar-refractivity contribution in [2.24, 2.45) is 5.73 Å². The van der Waals surface area contributed by atoms with Gasteiger partial charge in [0, 0.05) is 18.8 Å². The lowest BCUT2D eigenvalue weighted by atomic mass is 10.1. The van der Waals surface area contributed by atoms with E-state index in [9.17, 15) is 0 Å². The first-order chi connectivity index (χ1) is 7.26. The van der Waals surface area contributed by atoms with Gasteiger partial charge in [0.25, 0.3) is 0 Å². The molecule has 3 heteroatoms. The maximum absolute atomic E-state index is 5.80. The molecule has 1 aliphatic heterocycles. The van der Waals surface area contributed by atoms with Crippen molar-refractivity contribution in [2.45, 2.75) is 24.5 Å². The van der Waals surface area contributed by atoms with Gasteiger partial charge >= 0.3 is 0 Å². The minimum Gasteiger partial charge on any atom is -0.372 e. The third-order valence-electron chi connectivity index (χ3n) is 2.88. The van der Waals surface area contributed by atoms with Gasteiger partial charge in [-0.2, -0.15) is 0 Å². The highest BCUT2D eigenvalue weighted by atomic mass is 32.2. The lowest BCUT2D eigenvalue weighted by molar-refractivity contribution is 0.865. The van der Waals surface area contributed by atoms with Crippen LogP contribution in [0.3, 0.4) is 0 Å². The number of benzene rings is 1. The second-order valence-electron chi connectivity index (χ2n) is 3.79. The molecule has 1 aliphatic rings. The van der Waals surface area contributed by atoms with E-state index < -0.39 is 0 Å². The monoisotopic (exact) mass is 222 g/mol. The Hall–Kier alpha value is -0.670. The van der Waals surface area contributed by atoms with Crippen molar-refractivity contribution >= 4 is 17.4 Å². The standard InChI is InChI=1S/C12H18N2S/c1-3-14(4-2)10-7-5-9(6-8-10)11-12(13)15-11/h5-8,11-12H,3-4,13H2,1-2H3. The number of nitrogens with two attached hydrogens (primary N) is 1. The van der Waals surface area contributed by atoms with Crippen LogP contribution in [-0.4, -0.2) is 18.5 Å². The highest BCUT2D eigenvalue weighted by Crippen LogP contribution is 2.51. The minimum atomic E-state index is 0.323. The largest absolute Gasteiger partial charge is 0.372 e. The van der Waals surface area contributed by atoms with Crippen LogP contribution < -0.4 is 10.6 Å². The Morgan fingerprint density at radius 3 is 2.13 bits per heavy atom. The summed E-state index contributed by atoms with van der Waals surface area (Å²) in [5.41, 5.74) is 8.47. The SMILES string of the molecule is CCN(CC)c1ccc(C2SC2N)cc1. The Kier molecular flexibility index (Phi) is 3.22. The number of rotatable bonds is 4. The predicted molar refractivity (Wildman–Crippen MR) is 68.3 cm³/mol. The second kappa shape index (κ2) is 4.45. The molecule has 0 aliphatic carbocycles. The molecule has 1 aromatic rings. The molecule has 1 fully saturated rings. The first-order valence-electron chi connectivity index (χ1n) is 5.52. The molecule has 1 aromatic carbocycles. The van der Waals surface area contributed by atoms with Crippen LogP contribution in [0.25, 0.3) is 0 Å². The van der Waals surface area contributed by atoms with Crippen LogP contribution >= 0.6 is 11.8 Å². The van der Waals surface area contributed by atoms with E-state index in [2.05, 4.69) is 43.0 Å². The normalized spacial score (nSPS) is 23.9. The van der Waals surface area contributed by atoms with Crippen LogP contribution in [0.5, 0.6) is 0 Å². The summed E-state index contributed by atoms with van der Waals surface area (Å²) in [6.07, 6.45) is 0. The maximum Gasteiger partial charge on any atom is 0.0676 e. The van der Waals surface area contributed by atoms with E-state index in [4.69, 9.17) is 5.73 Å². The molecule has 2 rings (SSSR count). The molecule has 0 amide bonds. The van der Waals surface area contributed by atoms with Crippen molar-refractivity contribution in [1.29, 1.82) is 0 Å². The van der Waals surface area contributed by atoms with E-state index in [1.54, 1.807) is 0 Å². The van der Waals surface area contributed by atoms with E-state index in [1.807, 2.05) is 11.8 Å². The Morgan fingerprint density at radius 1 is 1.20 bits per heavy atom. The first-order valence-corrected chi connectivity index (χ1v) is 6.46. The number of hydrogen-bond donors (Lipinski definition) is 1. The molecular formula is C12H18N2S. The Bertz CT molecular complexity index is 319. The van der Waals surface area contributed by atoms with E-state index in [-0.39, 0.29) is 0 Å². The van der Waals surface area contributed by atoms with Crippen LogP contribution in [-0.2, 0) is 0 Å². The molecule has 15 heavy (non-hydrogen) atoms. The van der Waals surface area contributed by atoms with Crippen molar-refractivity contribution in [3.63, 3.8) is 0 Å². The average molecular weight is 222 g/mol. The molecular weight excluding hydrogens is 204 g/mol. The summed E-state index contributed by atoms with van der Waals surface area (Å²) in [4.78, 5) is 2.35. The smallest absolute Gasteiger partial charge is 0.0676 e. The van der Waals surface area contributed by atoms with E-state index >= 15 is 0 Å².